The molecular formula is C21H24N2O4S. The lowest BCUT2D eigenvalue weighted by Gasteiger charge is -2.19. The minimum Gasteiger partial charge on any atom is -0.459 e. The van der Waals surface area contributed by atoms with E-state index in [4.69, 9.17) is 4.42 Å². The lowest BCUT2D eigenvalue weighted by atomic mass is 10.1. The number of benzene rings is 2. The highest BCUT2D eigenvalue weighted by Gasteiger charge is 2.23. The van der Waals surface area contributed by atoms with E-state index in [1.165, 1.54) is 16.4 Å². The maximum atomic E-state index is 12.7. The Morgan fingerprint density at radius 3 is 2.46 bits per heavy atom. The zero-order chi connectivity index (χ0) is 20.3. The van der Waals surface area contributed by atoms with Gasteiger partial charge in [-0.1, -0.05) is 38.1 Å². The Morgan fingerprint density at radius 2 is 1.79 bits per heavy atom. The molecule has 1 heterocycles. The highest BCUT2D eigenvalue weighted by molar-refractivity contribution is 7.89. The fourth-order valence-electron chi connectivity index (χ4n) is 3.08. The zero-order valence-electron chi connectivity index (χ0n) is 16.2. The first-order valence-electron chi connectivity index (χ1n) is 9.26. The summed E-state index contributed by atoms with van der Waals surface area (Å²) in [6.07, 6.45) is 0. The van der Waals surface area contributed by atoms with Gasteiger partial charge in [-0.2, -0.15) is 4.31 Å². The Labute approximate surface area is 165 Å². The van der Waals surface area contributed by atoms with Gasteiger partial charge in [-0.05, 0) is 37.3 Å². The van der Waals surface area contributed by atoms with Crippen LogP contribution >= 0.6 is 0 Å². The number of nitrogens with zero attached hydrogens (tertiary/aromatic N) is 1. The molecule has 0 spiro atoms. The predicted molar refractivity (Wildman–Crippen MR) is 109 cm³/mol. The summed E-state index contributed by atoms with van der Waals surface area (Å²) in [4.78, 5) is 12.8. The van der Waals surface area contributed by atoms with Gasteiger partial charge in [0.2, 0.25) is 10.0 Å². The molecule has 1 amide bonds. The summed E-state index contributed by atoms with van der Waals surface area (Å²) in [5.74, 6) is 0.283. The van der Waals surface area contributed by atoms with E-state index < -0.39 is 10.0 Å². The number of amides is 1. The number of para-hydroxylation sites is 1. The van der Waals surface area contributed by atoms with E-state index in [0.717, 1.165) is 11.0 Å². The smallest absolute Gasteiger partial charge is 0.251 e. The maximum absolute atomic E-state index is 12.7. The van der Waals surface area contributed by atoms with Gasteiger partial charge < -0.3 is 9.73 Å². The Balaban J connectivity index is 1.81. The summed E-state index contributed by atoms with van der Waals surface area (Å²) in [5, 5.41) is 3.83. The van der Waals surface area contributed by atoms with Gasteiger partial charge in [0.15, 0.2) is 0 Å². The van der Waals surface area contributed by atoms with Crippen molar-refractivity contribution in [3.63, 3.8) is 0 Å². The molecule has 0 aliphatic heterocycles. The molecule has 148 valence electrons. The lowest BCUT2D eigenvalue weighted by Crippen LogP contribution is -2.31. The molecule has 3 rings (SSSR count). The van der Waals surface area contributed by atoms with Crippen LogP contribution in [0.25, 0.3) is 11.0 Å². The van der Waals surface area contributed by atoms with Crippen molar-refractivity contribution in [1.82, 2.24) is 9.62 Å². The van der Waals surface area contributed by atoms with Crippen molar-refractivity contribution >= 4 is 26.9 Å². The van der Waals surface area contributed by atoms with Crippen LogP contribution in [0.2, 0.25) is 0 Å². The second-order valence-corrected chi connectivity index (χ2v) is 8.44. The molecule has 0 saturated carbocycles. The summed E-state index contributed by atoms with van der Waals surface area (Å²) >= 11 is 0. The Hall–Kier alpha value is -2.64. The molecule has 28 heavy (non-hydrogen) atoms. The van der Waals surface area contributed by atoms with Gasteiger partial charge >= 0.3 is 0 Å². The van der Waals surface area contributed by atoms with E-state index in [2.05, 4.69) is 5.32 Å². The average molecular weight is 401 g/mol. The second-order valence-electron chi connectivity index (χ2n) is 6.50. The quantitative estimate of drug-likeness (QED) is 0.651. The van der Waals surface area contributed by atoms with Gasteiger partial charge in [-0.25, -0.2) is 8.42 Å². The third kappa shape index (κ3) is 3.95. The van der Waals surface area contributed by atoms with E-state index in [1.807, 2.05) is 37.3 Å². The number of sulfonamides is 1. The molecule has 0 fully saturated rings. The summed E-state index contributed by atoms with van der Waals surface area (Å²) in [6.45, 7) is 6.14. The standard InChI is InChI=1S/C21H24N2O4S/c1-4-23(5-2)28(25,26)18-11-8-10-17(13-18)21(24)22-15(3)20-14-16-9-6-7-12-19(16)27-20/h6-15H,4-5H2,1-3H3,(H,22,24)/t15-/m0/s1. The highest BCUT2D eigenvalue weighted by atomic mass is 32.2. The fourth-order valence-corrected chi connectivity index (χ4v) is 4.58. The van der Waals surface area contributed by atoms with Crippen molar-refractivity contribution in [3.05, 3.63) is 65.9 Å². The van der Waals surface area contributed by atoms with Crippen LogP contribution in [0.15, 0.2) is 63.9 Å². The number of carbonyl (C=O) groups is 1. The van der Waals surface area contributed by atoms with Crippen molar-refractivity contribution in [2.24, 2.45) is 0 Å². The van der Waals surface area contributed by atoms with Gasteiger partial charge in [0.1, 0.15) is 11.3 Å². The summed E-state index contributed by atoms with van der Waals surface area (Å²) in [5.41, 5.74) is 1.04. The summed E-state index contributed by atoms with van der Waals surface area (Å²) in [6, 6.07) is 15.3. The normalized spacial score (nSPS) is 13.0. The number of nitrogens with one attached hydrogen (secondary N) is 1. The maximum Gasteiger partial charge on any atom is 0.251 e. The van der Waals surface area contributed by atoms with Crippen molar-refractivity contribution in [2.45, 2.75) is 31.7 Å². The number of fused-ring (bicyclic) bond motifs is 1. The lowest BCUT2D eigenvalue weighted by molar-refractivity contribution is 0.0935. The summed E-state index contributed by atoms with van der Waals surface area (Å²) < 4.78 is 32.5. The number of furan rings is 1. The van der Waals surface area contributed by atoms with E-state index in [1.54, 1.807) is 26.0 Å². The topological polar surface area (TPSA) is 79.6 Å². The molecule has 0 saturated heterocycles. The number of hydrogen-bond donors (Lipinski definition) is 1. The molecule has 1 N–H and O–H groups in total. The van der Waals surface area contributed by atoms with Crippen molar-refractivity contribution in [2.75, 3.05) is 13.1 Å². The summed E-state index contributed by atoms with van der Waals surface area (Å²) in [7, 11) is -3.62. The number of hydrogen-bond acceptors (Lipinski definition) is 4. The first-order valence-corrected chi connectivity index (χ1v) is 10.7. The minimum absolute atomic E-state index is 0.111. The van der Waals surface area contributed by atoms with Crippen molar-refractivity contribution in [1.29, 1.82) is 0 Å². The van der Waals surface area contributed by atoms with Gasteiger partial charge in [0.25, 0.3) is 5.91 Å². The molecule has 0 aliphatic carbocycles. The fraction of sp³-hybridized carbons (Fsp3) is 0.286. The molecule has 6 nitrogen and oxygen atoms in total. The van der Waals surface area contributed by atoms with E-state index in [9.17, 15) is 13.2 Å². The van der Waals surface area contributed by atoms with Crippen LogP contribution in [-0.2, 0) is 10.0 Å². The van der Waals surface area contributed by atoms with Crippen LogP contribution in [0.5, 0.6) is 0 Å². The molecule has 0 bridgehead atoms. The van der Waals surface area contributed by atoms with E-state index in [0.29, 0.717) is 18.8 Å². The van der Waals surface area contributed by atoms with Gasteiger partial charge in [0.05, 0.1) is 10.9 Å². The molecule has 0 unspecified atom stereocenters. The van der Waals surface area contributed by atoms with Crippen LogP contribution in [0.1, 0.15) is 42.9 Å². The molecule has 3 aromatic rings. The molecule has 1 aromatic heterocycles. The molecule has 0 radical (unpaired) electrons. The zero-order valence-corrected chi connectivity index (χ0v) is 17.0. The molecule has 0 aliphatic rings. The SMILES string of the molecule is CCN(CC)S(=O)(=O)c1cccc(C(=O)N[C@@H](C)c2cc3ccccc3o2)c1. The minimum atomic E-state index is -3.62. The van der Waals surface area contributed by atoms with Crippen LogP contribution in [0.4, 0.5) is 0 Å². The van der Waals surface area contributed by atoms with Crippen LogP contribution in [0.3, 0.4) is 0 Å². The number of carbonyl (C=O) groups excluding carboxylic acids is 1. The second kappa shape index (κ2) is 8.16. The van der Waals surface area contributed by atoms with Gasteiger partial charge in [-0.15, -0.1) is 0 Å². The third-order valence-corrected chi connectivity index (χ3v) is 6.70. The predicted octanol–water partition coefficient (Wildman–Crippen LogP) is 3.95. The molecule has 1 atom stereocenters. The Bertz CT molecular complexity index is 1050. The largest absolute Gasteiger partial charge is 0.459 e. The average Bonchev–Trinajstić information content (AvgIpc) is 3.13. The van der Waals surface area contributed by atoms with Crippen molar-refractivity contribution < 1.29 is 17.6 Å². The molecule has 7 heteroatoms. The van der Waals surface area contributed by atoms with E-state index in [-0.39, 0.29) is 22.4 Å². The van der Waals surface area contributed by atoms with Crippen LogP contribution < -0.4 is 5.32 Å². The van der Waals surface area contributed by atoms with Crippen LogP contribution in [0, 0.1) is 0 Å². The van der Waals surface area contributed by atoms with Crippen molar-refractivity contribution in [3.8, 4) is 0 Å². The molecule has 2 aromatic carbocycles. The van der Waals surface area contributed by atoms with Crippen LogP contribution in [-0.4, -0.2) is 31.7 Å². The Kier molecular flexibility index (Phi) is 5.86. The first kappa shape index (κ1) is 20.1. The molecular weight excluding hydrogens is 376 g/mol. The highest BCUT2D eigenvalue weighted by Crippen LogP contribution is 2.24. The monoisotopic (exact) mass is 400 g/mol. The van der Waals surface area contributed by atoms with E-state index >= 15 is 0 Å². The first-order chi connectivity index (χ1) is 13.4. The number of rotatable bonds is 7. The van der Waals surface area contributed by atoms with Gasteiger partial charge in [-0.3, -0.25) is 4.79 Å². The third-order valence-electron chi connectivity index (χ3n) is 4.66. The Morgan fingerprint density at radius 1 is 1.07 bits per heavy atom. The van der Waals surface area contributed by atoms with Gasteiger partial charge in [0, 0.05) is 24.0 Å².